The van der Waals surface area contributed by atoms with Crippen LogP contribution in [0, 0.1) is 5.92 Å². The minimum atomic E-state index is -3.77. The number of benzene rings is 2. The van der Waals surface area contributed by atoms with Crippen LogP contribution in [0.3, 0.4) is 0 Å². The first kappa shape index (κ1) is 22.8. The van der Waals surface area contributed by atoms with Crippen LogP contribution in [-0.4, -0.2) is 50.4 Å². The molecule has 0 aliphatic heterocycles. The van der Waals surface area contributed by atoms with Gasteiger partial charge < -0.3 is 19.7 Å². The first-order chi connectivity index (χ1) is 13.3. The fourth-order valence-electron chi connectivity index (χ4n) is 2.14. The van der Waals surface area contributed by atoms with E-state index in [0.29, 0.717) is 24.0 Å². The van der Waals surface area contributed by atoms with Crippen LogP contribution in [0.2, 0.25) is 5.02 Å². The average Bonchev–Trinajstić information content (AvgIpc) is 2.70. The molecule has 0 spiro atoms. The van der Waals surface area contributed by atoms with Crippen LogP contribution in [-0.2, 0) is 9.84 Å². The highest BCUT2D eigenvalue weighted by Crippen LogP contribution is 2.31. The molecule has 0 radical (unpaired) electrons. The van der Waals surface area contributed by atoms with Crippen LogP contribution in [0.5, 0.6) is 11.5 Å². The van der Waals surface area contributed by atoms with Crippen LogP contribution in [0.15, 0.2) is 52.3 Å². The number of halogens is 2. The smallest absolute Gasteiger partial charge is 0.206 e. The Morgan fingerprint density at radius 2 is 1.68 bits per heavy atom. The maximum Gasteiger partial charge on any atom is 0.206 e. The minimum absolute atomic E-state index is 0.0413. The number of hydrogen-bond donors (Lipinski definition) is 2. The fourth-order valence-corrected chi connectivity index (χ4v) is 3.81. The SMILES string of the molecule is C[C@@H](CCl)COc1ccc(S(=O)(=O)c2ccc(OC[C@H](O)CO)cc2)cc1Cl. The maximum atomic E-state index is 12.8. The van der Waals surface area contributed by atoms with E-state index in [1.165, 1.54) is 42.5 Å². The van der Waals surface area contributed by atoms with Gasteiger partial charge in [-0.2, -0.15) is 0 Å². The highest BCUT2D eigenvalue weighted by atomic mass is 35.5. The molecule has 0 unspecified atom stereocenters. The van der Waals surface area contributed by atoms with E-state index in [4.69, 9.17) is 37.8 Å². The van der Waals surface area contributed by atoms with Crippen molar-refractivity contribution in [3.05, 3.63) is 47.5 Å². The highest BCUT2D eigenvalue weighted by Gasteiger charge is 2.19. The van der Waals surface area contributed by atoms with Gasteiger partial charge in [-0.05, 0) is 42.5 Å². The summed E-state index contributed by atoms with van der Waals surface area (Å²) in [5.74, 6) is 1.36. The Kier molecular flexibility index (Phi) is 8.39. The zero-order chi connectivity index (χ0) is 20.7. The molecule has 2 atom stereocenters. The number of hydrogen-bond acceptors (Lipinski definition) is 6. The second-order valence-electron chi connectivity index (χ2n) is 6.28. The molecule has 2 aromatic rings. The maximum absolute atomic E-state index is 12.8. The van der Waals surface area contributed by atoms with Gasteiger partial charge in [0.25, 0.3) is 0 Å². The van der Waals surface area contributed by atoms with E-state index >= 15 is 0 Å². The quantitative estimate of drug-likeness (QED) is 0.542. The molecular weight excluding hydrogens is 427 g/mol. The summed E-state index contributed by atoms with van der Waals surface area (Å²) in [5.41, 5.74) is 0. The Morgan fingerprint density at radius 1 is 1.04 bits per heavy atom. The van der Waals surface area contributed by atoms with Crippen LogP contribution in [0.1, 0.15) is 6.92 Å². The molecule has 6 nitrogen and oxygen atoms in total. The molecule has 0 heterocycles. The standard InChI is InChI=1S/C19H22Cl2O6S/c1-13(9-20)11-27-19-7-6-17(8-18(19)21)28(24,25)16-4-2-15(3-5-16)26-12-14(23)10-22/h2-8,13-14,22-23H,9-12H2,1H3/t13-,14+/m0/s1. The van der Waals surface area contributed by atoms with Gasteiger partial charge >= 0.3 is 0 Å². The first-order valence-corrected chi connectivity index (χ1v) is 10.9. The van der Waals surface area contributed by atoms with Gasteiger partial charge in [-0.25, -0.2) is 8.42 Å². The monoisotopic (exact) mass is 448 g/mol. The van der Waals surface area contributed by atoms with Crippen LogP contribution < -0.4 is 9.47 Å². The third kappa shape index (κ3) is 5.99. The molecule has 0 saturated heterocycles. The summed E-state index contributed by atoms with van der Waals surface area (Å²) in [6.45, 7) is 1.79. The van der Waals surface area contributed by atoms with E-state index in [0.717, 1.165) is 0 Å². The summed E-state index contributed by atoms with van der Waals surface area (Å²) in [6, 6.07) is 10.0. The zero-order valence-corrected chi connectivity index (χ0v) is 17.5. The molecule has 2 rings (SSSR count). The van der Waals surface area contributed by atoms with Crippen molar-refractivity contribution < 1.29 is 28.1 Å². The number of alkyl halides is 1. The summed E-state index contributed by atoms with van der Waals surface area (Å²) in [6.07, 6.45) is -1.00. The van der Waals surface area contributed by atoms with Crippen molar-refractivity contribution in [2.24, 2.45) is 5.92 Å². The van der Waals surface area contributed by atoms with Gasteiger partial charge in [-0.3, -0.25) is 0 Å². The Bertz CT molecular complexity index is 870. The summed E-state index contributed by atoms with van der Waals surface area (Å²) in [4.78, 5) is 0.114. The number of ether oxygens (including phenoxy) is 2. The van der Waals surface area contributed by atoms with Crippen molar-refractivity contribution in [2.45, 2.75) is 22.8 Å². The molecule has 2 N–H and O–H groups in total. The predicted molar refractivity (Wildman–Crippen MR) is 107 cm³/mol. The van der Waals surface area contributed by atoms with E-state index in [2.05, 4.69) is 0 Å². The van der Waals surface area contributed by atoms with Gasteiger partial charge in [0.2, 0.25) is 9.84 Å². The van der Waals surface area contributed by atoms with Crippen molar-refractivity contribution in [3.8, 4) is 11.5 Å². The molecule has 0 amide bonds. The molecule has 0 fully saturated rings. The Hall–Kier alpha value is -1.51. The van der Waals surface area contributed by atoms with Gasteiger partial charge in [0.05, 0.1) is 28.0 Å². The molecule has 0 aromatic heterocycles. The van der Waals surface area contributed by atoms with Crippen LogP contribution >= 0.6 is 23.2 Å². The Labute approximate surface area is 174 Å². The normalized spacial score (nSPS) is 13.8. The lowest BCUT2D eigenvalue weighted by Crippen LogP contribution is -2.21. The topological polar surface area (TPSA) is 93.1 Å². The molecule has 0 aliphatic carbocycles. The first-order valence-electron chi connectivity index (χ1n) is 8.53. The van der Waals surface area contributed by atoms with Gasteiger partial charge in [0, 0.05) is 11.8 Å². The van der Waals surface area contributed by atoms with Crippen LogP contribution in [0.25, 0.3) is 0 Å². The largest absolute Gasteiger partial charge is 0.492 e. The Morgan fingerprint density at radius 3 is 2.25 bits per heavy atom. The average molecular weight is 449 g/mol. The van der Waals surface area contributed by atoms with Crippen molar-refractivity contribution in [1.82, 2.24) is 0 Å². The molecular formula is C19H22Cl2O6S. The zero-order valence-electron chi connectivity index (χ0n) is 15.2. The lowest BCUT2D eigenvalue weighted by atomic mass is 10.2. The van der Waals surface area contributed by atoms with Crippen molar-refractivity contribution >= 4 is 33.0 Å². The minimum Gasteiger partial charge on any atom is -0.492 e. The van der Waals surface area contributed by atoms with Gasteiger partial charge in [-0.1, -0.05) is 18.5 Å². The molecule has 154 valence electrons. The van der Waals surface area contributed by atoms with E-state index < -0.39 is 22.5 Å². The summed E-state index contributed by atoms with van der Waals surface area (Å²) >= 11 is 11.9. The number of aliphatic hydroxyl groups excluding tert-OH is 2. The molecule has 0 bridgehead atoms. The molecule has 0 aliphatic rings. The predicted octanol–water partition coefficient (Wildman–Crippen LogP) is 3.16. The highest BCUT2D eigenvalue weighted by molar-refractivity contribution is 7.91. The van der Waals surface area contributed by atoms with Crippen LogP contribution in [0.4, 0.5) is 0 Å². The van der Waals surface area contributed by atoms with E-state index in [1.54, 1.807) is 0 Å². The number of aliphatic hydroxyl groups is 2. The molecule has 0 saturated carbocycles. The second kappa shape index (κ2) is 10.3. The summed E-state index contributed by atoms with van der Waals surface area (Å²) < 4.78 is 36.4. The Balaban J connectivity index is 2.14. The third-order valence-corrected chi connectivity index (χ3v) is 6.38. The second-order valence-corrected chi connectivity index (χ2v) is 8.95. The van der Waals surface area contributed by atoms with Gasteiger partial charge in [-0.15, -0.1) is 11.6 Å². The lowest BCUT2D eigenvalue weighted by molar-refractivity contribution is 0.0536. The molecule has 9 heteroatoms. The van der Waals surface area contributed by atoms with Crippen molar-refractivity contribution in [2.75, 3.05) is 25.7 Å². The molecule has 28 heavy (non-hydrogen) atoms. The summed E-state index contributed by atoms with van der Waals surface area (Å²) in [7, 11) is -3.77. The fraction of sp³-hybridized carbons (Fsp3) is 0.368. The lowest BCUT2D eigenvalue weighted by Gasteiger charge is -2.13. The summed E-state index contributed by atoms with van der Waals surface area (Å²) in [5, 5.41) is 18.2. The van der Waals surface area contributed by atoms with E-state index in [1.807, 2.05) is 6.92 Å². The van der Waals surface area contributed by atoms with Crippen molar-refractivity contribution in [1.29, 1.82) is 0 Å². The molecule has 2 aromatic carbocycles. The van der Waals surface area contributed by atoms with E-state index in [-0.39, 0.29) is 27.3 Å². The van der Waals surface area contributed by atoms with Gasteiger partial charge in [0.15, 0.2) is 0 Å². The number of sulfone groups is 1. The number of rotatable bonds is 10. The van der Waals surface area contributed by atoms with Crippen molar-refractivity contribution in [3.63, 3.8) is 0 Å². The third-order valence-electron chi connectivity index (χ3n) is 3.79. The van der Waals surface area contributed by atoms with Gasteiger partial charge in [0.1, 0.15) is 24.2 Å². The van der Waals surface area contributed by atoms with E-state index in [9.17, 15) is 13.5 Å².